The first-order valence-electron chi connectivity index (χ1n) is 11.3. The number of benzene rings is 3. The summed E-state index contributed by atoms with van der Waals surface area (Å²) in [6.07, 6.45) is -0.175. The molecule has 8 heteroatoms. The zero-order valence-electron chi connectivity index (χ0n) is 19.1. The zero-order chi connectivity index (χ0) is 24.9. The van der Waals surface area contributed by atoms with Crippen LogP contribution in [0.5, 0.6) is 0 Å². The number of fused-ring (bicyclic) bond motifs is 3. The first-order chi connectivity index (χ1) is 16.9. The molecule has 35 heavy (non-hydrogen) atoms. The fourth-order valence-electron chi connectivity index (χ4n) is 4.36. The van der Waals surface area contributed by atoms with Crippen molar-refractivity contribution in [3.8, 4) is 11.1 Å². The molecule has 0 saturated carbocycles. The molecule has 1 aliphatic rings. The molecular weight excluding hydrogens is 451 g/mol. The topological polar surface area (TPSA) is 105 Å². The molecule has 3 aromatic carbocycles. The maximum absolute atomic E-state index is 14.6. The lowest BCUT2D eigenvalue weighted by atomic mass is 9.98. The minimum atomic E-state index is -1.19. The number of carboxylic acid groups (broad SMARTS) is 1. The number of carboxylic acids is 1. The van der Waals surface area contributed by atoms with E-state index in [1.165, 1.54) is 12.1 Å². The highest BCUT2D eigenvalue weighted by molar-refractivity contribution is 6.04. The molecule has 0 aromatic heterocycles. The summed E-state index contributed by atoms with van der Waals surface area (Å²) in [6.45, 7) is 1.81. The Kier molecular flexibility index (Phi) is 7.10. The molecule has 3 aromatic rings. The number of carbonyl (C=O) groups excluding carboxylic acids is 2. The number of ether oxygens (including phenoxy) is 1. The van der Waals surface area contributed by atoms with Crippen LogP contribution in [0.1, 0.15) is 47.2 Å². The Morgan fingerprint density at radius 3 is 2.20 bits per heavy atom. The van der Waals surface area contributed by atoms with E-state index in [0.717, 1.165) is 28.3 Å². The SMILES string of the molecule is CCC[C@@H](NC(=O)c1cccc(F)c1NC(=O)OCC1c2ccccc2-c2ccccc21)C(=O)O. The van der Waals surface area contributed by atoms with Gasteiger partial charge in [-0.3, -0.25) is 10.1 Å². The maximum atomic E-state index is 14.6. The van der Waals surface area contributed by atoms with E-state index in [4.69, 9.17) is 4.74 Å². The summed E-state index contributed by atoms with van der Waals surface area (Å²) in [5.74, 6) is -3.02. The average Bonchev–Trinajstić information content (AvgIpc) is 3.17. The minimum absolute atomic E-state index is 0.0213. The van der Waals surface area contributed by atoms with E-state index in [2.05, 4.69) is 10.6 Å². The van der Waals surface area contributed by atoms with E-state index in [1.54, 1.807) is 6.92 Å². The first-order valence-corrected chi connectivity index (χ1v) is 11.3. The summed E-state index contributed by atoms with van der Waals surface area (Å²) in [4.78, 5) is 36.7. The van der Waals surface area contributed by atoms with Crippen molar-refractivity contribution in [1.29, 1.82) is 0 Å². The van der Waals surface area contributed by atoms with Crippen molar-refractivity contribution in [3.05, 3.63) is 89.2 Å². The second-order valence-electron chi connectivity index (χ2n) is 8.27. The molecule has 0 aliphatic heterocycles. The van der Waals surface area contributed by atoms with Gasteiger partial charge in [-0.2, -0.15) is 0 Å². The highest BCUT2D eigenvalue weighted by Gasteiger charge is 2.29. The van der Waals surface area contributed by atoms with Gasteiger partial charge in [0, 0.05) is 5.92 Å². The van der Waals surface area contributed by atoms with Crippen LogP contribution < -0.4 is 10.6 Å². The molecule has 0 bridgehead atoms. The second-order valence-corrected chi connectivity index (χ2v) is 8.27. The highest BCUT2D eigenvalue weighted by Crippen LogP contribution is 2.44. The Hall–Kier alpha value is -4.20. The normalized spacial score (nSPS) is 12.9. The van der Waals surface area contributed by atoms with Gasteiger partial charge in [-0.1, -0.05) is 67.9 Å². The van der Waals surface area contributed by atoms with Gasteiger partial charge in [-0.05, 0) is 40.8 Å². The molecule has 0 spiro atoms. The van der Waals surface area contributed by atoms with Crippen LogP contribution in [0.25, 0.3) is 11.1 Å². The van der Waals surface area contributed by atoms with E-state index in [9.17, 15) is 23.9 Å². The van der Waals surface area contributed by atoms with Crippen LogP contribution in [0, 0.1) is 5.82 Å². The van der Waals surface area contributed by atoms with E-state index >= 15 is 0 Å². The van der Waals surface area contributed by atoms with E-state index in [1.807, 2.05) is 48.5 Å². The van der Waals surface area contributed by atoms with Crippen molar-refractivity contribution in [1.82, 2.24) is 5.32 Å². The Bertz CT molecular complexity index is 1230. The van der Waals surface area contributed by atoms with Gasteiger partial charge in [0.25, 0.3) is 5.91 Å². The maximum Gasteiger partial charge on any atom is 0.411 e. The van der Waals surface area contributed by atoms with Crippen LogP contribution >= 0.6 is 0 Å². The van der Waals surface area contributed by atoms with Gasteiger partial charge < -0.3 is 15.2 Å². The van der Waals surface area contributed by atoms with Crippen molar-refractivity contribution in [3.63, 3.8) is 0 Å². The summed E-state index contributed by atoms with van der Waals surface area (Å²) in [6, 6.07) is 18.3. The molecule has 4 rings (SSSR count). The van der Waals surface area contributed by atoms with Gasteiger partial charge in [0.2, 0.25) is 0 Å². The van der Waals surface area contributed by atoms with Crippen LogP contribution in [0.15, 0.2) is 66.7 Å². The quantitative estimate of drug-likeness (QED) is 0.416. The van der Waals surface area contributed by atoms with Crippen molar-refractivity contribution in [2.75, 3.05) is 11.9 Å². The lowest BCUT2D eigenvalue weighted by molar-refractivity contribution is -0.139. The summed E-state index contributed by atoms with van der Waals surface area (Å²) in [7, 11) is 0. The molecule has 0 saturated heterocycles. The lowest BCUT2D eigenvalue weighted by Gasteiger charge is -2.17. The van der Waals surface area contributed by atoms with Crippen LogP contribution in [0.3, 0.4) is 0 Å². The third kappa shape index (κ3) is 5.01. The van der Waals surface area contributed by atoms with Crippen molar-refractivity contribution in [2.24, 2.45) is 0 Å². The number of halogens is 1. The number of nitrogens with one attached hydrogen (secondary N) is 2. The molecule has 0 heterocycles. The number of carbonyl (C=O) groups is 3. The third-order valence-electron chi connectivity index (χ3n) is 6.01. The minimum Gasteiger partial charge on any atom is -0.480 e. The average molecular weight is 477 g/mol. The number of para-hydroxylation sites is 1. The van der Waals surface area contributed by atoms with Gasteiger partial charge >= 0.3 is 12.1 Å². The molecule has 1 aliphatic carbocycles. The van der Waals surface area contributed by atoms with Gasteiger partial charge in [0.15, 0.2) is 0 Å². The fourth-order valence-corrected chi connectivity index (χ4v) is 4.36. The molecule has 2 amide bonds. The van der Waals surface area contributed by atoms with Crippen LogP contribution in [0.2, 0.25) is 0 Å². The number of hydrogen-bond acceptors (Lipinski definition) is 4. The zero-order valence-corrected chi connectivity index (χ0v) is 19.1. The Balaban J connectivity index is 1.49. The van der Waals surface area contributed by atoms with Crippen LogP contribution in [-0.2, 0) is 9.53 Å². The van der Waals surface area contributed by atoms with Gasteiger partial charge in [0.1, 0.15) is 18.5 Å². The van der Waals surface area contributed by atoms with Gasteiger partial charge in [-0.15, -0.1) is 0 Å². The summed E-state index contributed by atoms with van der Waals surface area (Å²) in [5.41, 5.74) is 3.64. The Labute approximate surface area is 201 Å². The van der Waals surface area contributed by atoms with Crippen molar-refractivity contribution >= 4 is 23.7 Å². The van der Waals surface area contributed by atoms with Gasteiger partial charge in [0.05, 0.1) is 11.3 Å². The molecule has 7 nitrogen and oxygen atoms in total. The first kappa shape index (κ1) is 23.9. The predicted molar refractivity (Wildman–Crippen MR) is 129 cm³/mol. The number of amides is 2. The lowest BCUT2D eigenvalue weighted by Crippen LogP contribution is -2.41. The smallest absolute Gasteiger partial charge is 0.411 e. The predicted octanol–water partition coefficient (Wildman–Crippen LogP) is 5.17. The number of rotatable bonds is 8. The molecule has 1 atom stereocenters. The number of anilines is 1. The molecular formula is C27H25FN2O5. The van der Waals surface area contributed by atoms with E-state index < -0.39 is 29.8 Å². The number of aliphatic carboxylic acids is 1. The molecule has 3 N–H and O–H groups in total. The van der Waals surface area contributed by atoms with E-state index in [0.29, 0.717) is 6.42 Å². The van der Waals surface area contributed by atoms with Crippen LogP contribution in [0.4, 0.5) is 14.9 Å². The monoisotopic (exact) mass is 476 g/mol. The molecule has 0 fully saturated rings. The standard InChI is InChI=1S/C27H25FN2O5/c1-2-8-23(26(32)33)29-25(31)20-13-7-14-22(28)24(20)30-27(34)35-15-21-18-11-5-3-9-16(18)17-10-4-6-12-19(17)21/h3-7,9-14,21,23H,2,8,15H2,1H3,(H,29,31)(H,30,34)(H,32,33)/t23-/m1/s1. The van der Waals surface area contributed by atoms with Crippen LogP contribution in [-0.4, -0.2) is 35.7 Å². The summed E-state index contributed by atoms with van der Waals surface area (Å²) >= 11 is 0. The highest BCUT2D eigenvalue weighted by atomic mass is 19.1. The third-order valence-corrected chi connectivity index (χ3v) is 6.01. The Morgan fingerprint density at radius 1 is 0.971 bits per heavy atom. The molecule has 0 radical (unpaired) electrons. The van der Waals surface area contributed by atoms with E-state index in [-0.39, 0.29) is 30.2 Å². The number of hydrogen-bond donors (Lipinski definition) is 3. The molecule has 0 unspecified atom stereocenters. The summed E-state index contributed by atoms with van der Waals surface area (Å²) in [5, 5.41) is 14.0. The fraction of sp³-hybridized carbons (Fsp3) is 0.222. The second kappa shape index (κ2) is 10.4. The summed E-state index contributed by atoms with van der Waals surface area (Å²) < 4.78 is 20.0. The van der Waals surface area contributed by atoms with Crippen molar-refractivity contribution in [2.45, 2.75) is 31.7 Å². The largest absolute Gasteiger partial charge is 0.480 e. The Morgan fingerprint density at radius 2 is 1.60 bits per heavy atom. The molecule has 180 valence electrons. The van der Waals surface area contributed by atoms with Crippen molar-refractivity contribution < 1.29 is 28.6 Å². The van der Waals surface area contributed by atoms with Gasteiger partial charge in [-0.25, -0.2) is 14.0 Å².